The second-order valence-corrected chi connectivity index (χ2v) is 7.36. The van der Waals surface area contributed by atoms with Gasteiger partial charge < -0.3 is 15.4 Å². The number of nitrogens with one attached hydrogen (secondary N) is 2. The van der Waals surface area contributed by atoms with E-state index in [1.54, 1.807) is 0 Å². The zero-order valence-electron chi connectivity index (χ0n) is 16.0. The Morgan fingerprint density at radius 1 is 0.963 bits per heavy atom. The van der Waals surface area contributed by atoms with Crippen molar-refractivity contribution in [3.8, 4) is 5.75 Å². The molecule has 0 radical (unpaired) electrons. The Balaban J connectivity index is 1.58. The monoisotopic (exact) mass is 386 g/mol. The van der Waals surface area contributed by atoms with Crippen molar-refractivity contribution in [1.29, 1.82) is 0 Å². The van der Waals surface area contributed by atoms with Gasteiger partial charge in [0.05, 0.1) is 18.1 Å². The molecule has 5 nitrogen and oxygen atoms in total. The highest BCUT2D eigenvalue weighted by Gasteiger charge is 2.06. The van der Waals surface area contributed by atoms with Gasteiger partial charge in [-0.3, -0.25) is 9.59 Å². The Morgan fingerprint density at radius 2 is 1.70 bits per heavy atom. The number of hydrogen-bond acceptors (Lipinski definition) is 4. The van der Waals surface area contributed by atoms with Crippen LogP contribution in [0.3, 0.4) is 0 Å². The van der Waals surface area contributed by atoms with E-state index in [4.69, 9.17) is 4.74 Å². The van der Waals surface area contributed by atoms with Crippen molar-refractivity contribution in [3.05, 3.63) is 59.2 Å². The zero-order chi connectivity index (χ0) is 19.6. The van der Waals surface area contributed by atoms with Gasteiger partial charge in [0.15, 0.2) is 0 Å². The van der Waals surface area contributed by atoms with Crippen LogP contribution >= 0.6 is 11.8 Å². The lowest BCUT2D eigenvalue weighted by Gasteiger charge is -2.10. The van der Waals surface area contributed by atoms with Crippen molar-refractivity contribution in [2.75, 3.05) is 30.0 Å². The van der Waals surface area contributed by atoms with E-state index in [-0.39, 0.29) is 23.3 Å². The Bertz CT molecular complexity index is 793. The molecule has 0 saturated carbocycles. The molecule has 0 aliphatic heterocycles. The smallest absolute Gasteiger partial charge is 0.234 e. The molecule has 0 saturated heterocycles. The van der Waals surface area contributed by atoms with Crippen molar-refractivity contribution in [2.45, 2.75) is 20.8 Å². The first kappa shape index (κ1) is 20.8. The third-order valence-electron chi connectivity index (χ3n) is 3.78. The highest BCUT2D eigenvalue weighted by molar-refractivity contribution is 8.00. The highest BCUT2D eigenvalue weighted by Crippen LogP contribution is 2.18. The van der Waals surface area contributed by atoms with Crippen molar-refractivity contribution in [1.82, 2.24) is 5.32 Å². The number of rotatable bonds is 9. The van der Waals surface area contributed by atoms with Crippen LogP contribution in [0.5, 0.6) is 5.75 Å². The minimum Gasteiger partial charge on any atom is -0.491 e. The summed E-state index contributed by atoms with van der Waals surface area (Å²) in [6, 6.07) is 13.6. The second kappa shape index (κ2) is 10.6. The fourth-order valence-electron chi connectivity index (χ4n) is 2.52. The molecule has 2 aromatic carbocycles. The molecule has 6 heteroatoms. The molecule has 2 aromatic rings. The molecular weight excluding hydrogens is 360 g/mol. The van der Waals surface area contributed by atoms with Crippen LogP contribution in [0.4, 0.5) is 5.69 Å². The van der Waals surface area contributed by atoms with Gasteiger partial charge in [0, 0.05) is 5.69 Å². The minimum absolute atomic E-state index is 0.104. The van der Waals surface area contributed by atoms with Crippen LogP contribution in [0.15, 0.2) is 42.5 Å². The van der Waals surface area contributed by atoms with E-state index < -0.39 is 0 Å². The van der Waals surface area contributed by atoms with Crippen molar-refractivity contribution >= 4 is 29.3 Å². The third kappa shape index (κ3) is 7.74. The van der Waals surface area contributed by atoms with Gasteiger partial charge in [0.25, 0.3) is 0 Å². The molecular formula is C21H26N2O3S. The quantitative estimate of drug-likeness (QED) is 0.648. The van der Waals surface area contributed by atoms with Crippen molar-refractivity contribution in [2.24, 2.45) is 0 Å². The summed E-state index contributed by atoms with van der Waals surface area (Å²) in [5.74, 6) is 1.09. The van der Waals surface area contributed by atoms with E-state index in [1.807, 2.05) is 57.2 Å². The van der Waals surface area contributed by atoms with E-state index in [0.29, 0.717) is 13.2 Å². The molecule has 0 aromatic heterocycles. The third-order valence-corrected chi connectivity index (χ3v) is 4.71. The van der Waals surface area contributed by atoms with E-state index in [0.717, 1.165) is 22.6 Å². The van der Waals surface area contributed by atoms with Crippen LogP contribution in [0, 0.1) is 20.8 Å². The maximum absolute atomic E-state index is 11.9. The number of hydrogen-bond donors (Lipinski definition) is 2. The van der Waals surface area contributed by atoms with E-state index in [9.17, 15) is 9.59 Å². The molecule has 0 spiro atoms. The van der Waals surface area contributed by atoms with Gasteiger partial charge in [-0.25, -0.2) is 0 Å². The molecule has 0 atom stereocenters. The lowest BCUT2D eigenvalue weighted by Crippen LogP contribution is -2.30. The zero-order valence-corrected chi connectivity index (χ0v) is 16.8. The number of amides is 2. The molecule has 2 N–H and O–H groups in total. The second-order valence-electron chi connectivity index (χ2n) is 6.38. The molecule has 0 unspecified atom stereocenters. The van der Waals surface area contributed by atoms with Gasteiger partial charge in [-0.1, -0.05) is 29.8 Å². The van der Waals surface area contributed by atoms with E-state index in [2.05, 4.69) is 16.7 Å². The fraction of sp³-hybridized carbons (Fsp3) is 0.333. The molecule has 0 fully saturated rings. The number of ether oxygens (including phenoxy) is 1. The summed E-state index contributed by atoms with van der Waals surface area (Å²) in [6.45, 7) is 6.85. The van der Waals surface area contributed by atoms with Crippen molar-refractivity contribution in [3.63, 3.8) is 0 Å². The molecule has 0 heterocycles. The number of aryl methyl sites for hydroxylation is 3. The van der Waals surface area contributed by atoms with Gasteiger partial charge in [0.2, 0.25) is 11.8 Å². The molecule has 2 rings (SSSR count). The molecule has 0 aliphatic rings. The number of benzene rings is 2. The summed E-state index contributed by atoms with van der Waals surface area (Å²) in [5.41, 5.74) is 4.13. The van der Waals surface area contributed by atoms with Gasteiger partial charge >= 0.3 is 0 Å². The summed E-state index contributed by atoms with van der Waals surface area (Å²) in [7, 11) is 0. The first-order valence-electron chi connectivity index (χ1n) is 8.85. The van der Waals surface area contributed by atoms with Crippen LogP contribution < -0.4 is 15.4 Å². The Morgan fingerprint density at radius 3 is 2.44 bits per heavy atom. The van der Waals surface area contributed by atoms with Crippen molar-refractivity contribution < 1.29 is 14.3 Å². The average molecular weight is 387 g/mol. The Labute approximate surface area is 164 Å². The molecule has 27 heavy (non-hydrogen) atoms. The van der Waals surface area contributed by atoms with E-state index >= 15 is 0 Å². The van der Waals surface area contributed by atoms with Crippen LogP contribution in [-0.2, 0) is 9.59 Å². The molecule has 2 amide bonds. The van der Waals surface area contributed by atoms with Gasteiger partial charge in [-0.2, -0.15) is 0 Å². The first-order chi connectivity index (χ1) is 12.9. The van der Waals surface area contributed by atoms with Crippen LogP contribution in [-0.4, -0.2) is 36.5 Å². The van der Waals surface area contributed by atoms with Gasteiger partial charge in [-0.05, 0) is 50.1 Å². The number of anilines is 1. The van der Waals surface area contributed by atoms with Crippen LogP contribution in [0.2, 0.25) is 0 Å². The lowest BCUT2D eigenvalue weighted by molar-refractivity contribution is -0.118. The van der Waals surface area contributed by atoms with Gasteiger partial charge in [0.1, 0.15) is 12.4 Å². The molecule has 0 aliphatic carbocycles. The van der Waals surface area contributed by atoms with Crippen LogP contribution in [0.1, 0.15) is 16.7 Å². The predicted octanol–water partition coefficient (Wildman–Crippen LogP) is 3.48. The average Bonchev–Trinajstić information content (AvgIpc) is 2.60. The standard InChI is InChI=1S/C21H26N2O3S/c1-15-5-4-6-18(12-15)23-21(25)14-27-13-20(24)22-9-10-26-19-8-7-16(2)11-17(19)3/h4-8,11-12H,9-10,13-14H2,1-3H3,(H,22,24)(H,23,25). The highest BCUT2D eigenvalue weighted by atomic mass is 32.2. The van der Waals surface area contributed by atoms with E-state index in [1.165, 1.54) is 17.3 Å². The summed E-state index contributed by atoms with van der Waals surface area (Å²) < 4.78 is 5.68. The fourth-order valence-corrected chi connectivity index (χ4v) is 3.17. The normalized spacial score (nSPS) is 10.3. The van der Waals surface area contributed by atoms with Crippen LogP contribution in [0.25, 0.3) is 0 Å². The summed E-state index contributed by atoms with van der Waals surface area (Å²) in [6.07, 6.45) is 0. The maximum Gasteiger partial charge on any atom is 0.234 e. The SMILES string of the molecule is Cc1cccc(NC(=O)CSCC(=O)NCCOc2ccc(C)cc2C)c1. The number of thioether (sulfide) groups is 1. The number of carbonyl (C=O) groups excluding carboxylic acids is 2. The Hall–Kier alpha value is -2.47. The topological polar surface area (TPSA) is 67.4 Å². The summed E-state index contributed by atoms with van der Waals surface area (Å²) >= 11 is 1.29. The summed E-state index contributed by atoms with van der Waals surface area (Å²) in [4.78, 5) is 23.7. The molecule has 144 valence electrons. The first-order valence-corrected chi connectivity index (χ1v) is 10.0. The number of carbonyl (C=O) groups is 2. The maximum atomic E-state index is 11.9. The lowest BCUT2D eigenvalue weighted by atomic mass is 10.1. The minimum atomic E-state index is -0.114. The summed E-state index contributed by atoms with van der Waals surface area (Å²) in [5, 5.41) is 5.62. The Kier molecular flexibility index (Phi) is 8.20. The predicted molar refractivity (Wildman–Crippen MR) is 112 cm³/mol. The largest absolute Gasteiger partial charge is 0.491 e. The molecule has 0 bridgehead atoms. The van der Waals surface area contributed by atoms with Gasteiger partial charge in [-0.15, -0.1) is 11.8 Å².